The quantitative estimate of drug-likeness (QED) is 0.655. The maximum absolute atomic E-state index is 13.3. The molecule has 1 unspecified atom stereocenters. The Hall–Kier alpha value is -3.53. The first kappa shape index (κ1) is 20.4. The number of para-hydroxylation sites is 1. The Morgan fingerprint density at radius 3 is 2.81 bits per heavy atom. The molecule has 1 fully saturated rings. The number of rotatable bonds is 4. The molecule has 10 heteroatoms. The molecular weight excluding hydrogens is 430 g/mol. The zero-order chi connectivity index (χ0) is 22.6. The molecule has 0 spiro atoms. The Bertz CT molecular complexity index is 1350. The smallest absolute Gasteiger partial charge is 0.281 e. The second kappa shape index (κ2) is 7.27. The van der Waals surface area contributed by atoms with Gasteiger partial charge in [0.15, 0.2) is 0 Å². The lowest BCUT2D eigenvalue weighted by molar-refractivity contribution is -0.117. The minimum atomic E-state index is -0.827. The summed E-state index contributed by atoms with van der Waals surface area (Å²) in [6.07, 6.45) is 0.797. The monoisotopic (exact) mass is 451 g/mol. The van der Waals surface area contributed by atoms with E-state index in [1.807, 2.05) is 6.92 Å². The van der Waals surface area contributed by atoms with Gasteiger partial charge in [-0.3, -0.25) is 29.5 Å². The van der Waals surface area contributed by atoms with E-state index in [-0.39, 0.29) is 30.3 Å². The highest BCUT2D eigenvalue weighted by atomic mass is 32.1. The highest BCUT2D eigenvalue weighted by Crippen LogP contribution is 2.43. The van der Waals surface area contributed by atoms with Crippen molar-refractivity contribution in [2.75, 3.05) is 16.9 Å². The average Bonchev–Trinajstić information content (AvgIpc) is 3.35. The summed E-state index contributed by atoms with van der Waals surface area (Å²) in [4.78, 5) is 59.6. The first-order valence-electron chi connectivity index (χ1n) is 10.3. The van der Waals surface area contributed by atoms with Crippen LogP contribution < -0.4 is 15.9 Å². The molecule has 0 bridgehead atoms. The van der Waals surface area contributed by atoms with Crippen molar-refractivity contribution in [3.8, 4) is 0 Å². The summed E-state index contributed by atoms with van der Waals surface area (Å²) in [5, 5.41) is 2.22. The standard InChI is InChI=1S/C22H21N5O4S/c1-13-23-19-15(9-12-32-19)21(31)27(13)24-17(28)8-11-25-20(30)14-5-3-4-6-16(14)26-18(29)7-10-22(25,26)2/h3-6,9,12H,7-8,10-11H2,1-2H3,(H,24,28). The molecule has 1 aromatic carbocycles. The minimum absolute atomic E-state index is 0.0287. The van der Waals surface area contributed by atoms with Gasteiger partial charge in [-0.25, -0.2) is 9.66 Å². The minimum Gasteiger partial charge on any atom is -0.315 e. The van der Waals surface area contributed by atoms with Crippen LogP contribution in [0.15, 0.2) is 40.5 Å². The van der Waals surface area contributed by atoms with Gasteiger partial charge in [0.25, 0.3) is 11.5 Å². The number of benzene rings is 1. The van der Waals surface area contributed by atoms with Gasteiger partial charge in [0, 0.05) is 19.4 Å². The predicted octanol–water partition coefficient (Wildman–Crippen LogP) is 2.23. The molecule has 2 aromatic heterocycles. The number of amides is 3. The molecule has 0 saturated carbocycles. The molecule has 9 nitrogen and oxygen atoms in total. The fraction of sp³-hybridized carbons (Fsp3) is 0.318. The molecule has 3 amide bonds. The molecule has 164 valence electrons. The van der Waals surface area contributed by atoms with Crippen molar-refractivity contribution in [3.05, 3.63) is 57.5 Å². The van der Waals surface area contributed by atoms with Gasteiger partial charge in [0.1, 0.15) is 16.3 Å². The number of aromatic nitrogens is 2. The van der Waals surface area contributed by atoms with E-state index in [9.17, 15) is 19.2 Å². The van der Waals surface area contributed by atoms with Crippen LogP contribution in [0.2, 0.25) is 0 Å². The van der Waals surface area contributed by atoms with E-state index in [1.54, 1.807) is 52.4 Å². The third kappa shape index (κ3) is 2.94. The number of carbonyl (C=O) groups excluding carboxylic acids is 3. The summed E-state index contributed by atoms with van der Waals surface area (Å²) in [5.41, 5.74) is 2.49. The van der Waals surface area contributed by atoms with Gasteiger partial charge in [-0.05, 0) is 43.8 Å². The fourth-order valence-corrected chi connectivity index (χ4v) is 5.38. The Labute approximate surface area is 187 Å². The van der Waals surface area contributed by atoms with Crippen molar-refractivity contribution in [1.82, 2.24) is 14.6 Å². The molecule has 1 atom stereocenters. The number of anilines is 1. The molecule has 32 heavy (non-hydrogen) atoms. The van der Waals surface area contributed by atoms with Crippen LogP contribution in [0.3, 0.4) is 0 Å². The van der Waals surface area contributed by atoms with Gasteiger partial charge in [-0.1, -0.05) is 12.1 Å². The highest BCUT2D eigenvalue weighted by Gasteiger charge is 2.52. The molecule has 4 heterocycles. The molecule has 0 aliphatic carbocycles. The van der Waals surface area contributed by atoms with Crippen LogP contribution in [0.5, 0.6) is 0 Å². The Kier molecular flexibility index (Phi) is 4.63. The molecule has 1 N–H and O–H groups in total. The van der Waals surface area contributed by atoms with E-state index in [4.69, 9.17) is 0 Å². The molecule has 5 rings (SSSR count). The number of aryl methyl sites for hydroxylation is 1. The Morgan fingerprint density at radius 2 is 2.00 bits per heavy atom. The van der Waals surface area contributed by atoms with E-state index in [0.29, 0.717) is 40.1 Å². The van der Waals surface area contributed by atoms with Gasteiger partial charge in [0.2, 0.25) is 11.8 Å². The third-order valence-electron chi connectivity index (χ3n) is 6.21. The van der Waals surface area contributed by atoms with Crippen molar-refractivity contribution in [2.24, 2.45) is 0 Å². The largest absolute Gasteiger partial charge is 0.315 e. The number of nitrogens with zero attached hydrogens (tertiary/aromatic N) is 4. The van der Waals surface area contributed by atoms with E-state index in [0.717, 1.165) is 4.68 Å². The van der Waals surface area contributed by atoms with Gasteiger partial charge in [-0.2, -0.15) is 0 Å². The van der Waals surface area contributed by atoms with Gasteiger partial charge in [0.05, 0.1) is 16.6 Å². The lowest BCUT2D eigenvalue weighted by Gasteiger charge is -2.48. The van der Waals surface area contributed by atoms with Crippen LogP contribution in [0, 0.1) is 6.92 Å². The summed E-state index contributed by atoms with van der Waals surface area (Å²) in [6.45, 7) is 3.61. The number of hydrogen-bond donors (Lipinski definition) is 1. The zero-order valence-electron chi connectivity index (χ0n) is 17.6. The van der Waals surface area contributed by atoms with Crippen molar-refractivity contribution in [2.45, 2.75) is 38.8 Å². The van der Waals surface area contributed by atoms with Gasteiger partial charge < -0.3 is 4.90 Å². The number of carbonyl (C=O) groups is 3. The van der Waals surface area contributed by atoms with E-state index >= 15 is 0 Å². The number of hydrogen-bond acceptors (Lipinski definition) is 6. The van der Waals surface area contributed by atoms with Gasteiger partial charge in [-0.15, -0.1) is 11.3 Å². The van der Waals surface area contributed by atoms with Crippen molar-refractivity contribution in [1.29, 1.82) is 0 Å². The van der Waals surface area contributed by atoms with Crippen LogP contribution in [-0.4, -0.2) is 44.5 Å². The molecule has 0 radical (unpaired) electrons. The second-order valence-electron chi connectivity index (χ2n) is 8.14. The number of fused-ring (bicyclic) bond motifs is 4. The molecular formula is C22H21N5O4S. The zero-order valence-corrected chi connectivity index (χ0v) is 18.4. The van der Waals surface area contributed by atoms with Crippen LogP contribution in [0.25, 0.3) is 10.2 Å². The van der Waals surface area contributed by atoms with Crippen LogP contribution in [-0.2, 0) is 9.59 Å². The number of nitrogens with one attached hydrogen (secondary N) is 1. The third-order valence-corrected chi connectivity index (χ3v) is 7.02. The fourth-order valence-electron chi connectivity index (χ4n) is 4.58. The van der Waals surface area contributed by atoms with Crippen molar-refractivity contribution in [3.63, 3.8) is 0 Å². The summed E-state index contributed by atoms with van der Waals surface area (Å²) < 4.78 is 1.14. The van der Waals surface area contributed by atoms with Crippen molar-refractivity contribution < 1.29 is 14.4 Å². The summed E-state index contributed by atoms with van der Waals surface area (Å²) in [7, 11) is 0. The second-order valence-corrected chi connectivity index (χ2v) is 9.04. The Morgan fingerprint density at radius 1 is 1.22 bits per heavy atom. The molecule has 2 aliphatic heterocycles. The van der Waals surface area contributed by atoms with Crippen LogP contribution >= 0.6 is 11.3 Å². The normalized spacial score (nSPS) is 19.9. The molecule has 2 aliphatic rings. The van der Waals surface area contributed by atoms with Crippen molar-refractivity contribution >= 4 is 45.0 Å². The van der Waals surface area contributed by atoms with E-state index in [2.05, 4.69) is 10.4 Å². The average molecular weight is 452 g/mol. The summed E-state index contributed by atoms with van der Waals surface area (Å²) in [5.74, 6) is -0.297. The van der Waals surface area contributed by atoms with Gasteiger partial charge >= 0.3 is 0 Å². The maximum Gasteiger partial charge on any atom is 0.281 e. The maximum atomic E-state index is 13.3. The first-order valence-corrected chi connectivity index (χ1v) is 11.2. The lowest BCUT2D eigenvalue weighted by Crippen LogP contribution is -2.62. The Balaban J connectivity index is 1.39. The topological polar surface area (TPSA) is 105 Å². The van der Waals surface area contributed by atoms with E-state index in [1.165, 1.54) is 11.3 Å². The summed E-state index contributed by atoms with van der Waals surface area (Å²) in [6, 6.07) is 8.71. The molecule has 1 saturated heterocycles. The lowest BCUT2D eigenvalue weighted by atomic mass is 9.98. The highest BCUT2D eigenvalue weighted by molar-refractivity contribution is 7.16. The van der Waals surface area contributed by atoms with E-state index < -0.39 is 11.6 Å². The number of thiophene rings is 1. The first-order chi connectivity index (χ1) is 15.3. The summed E-state index contributed by atoms with van der Waals surface area (Å²) >= 11 is 1.36. The molecule has 3 aromatic rings. The SMILES string of the molecule is Cc1nc2sccc2c(=O)n1NC(=O)CCN1C(=O)c2ccccc2N2C(=O)CCC12C. The van der Waals surface area contributed by atoms with Crippen LogP contribution in [0.1, 0.15) is 42.4 Å². The predicted molar refractivity (Wildman–Crippen MR) is 120 cm³/mol. The van der Waals surface area contributed by atoms with Crippen LogP contribution in [0.4, 0.5) is 5.69 Å².